The summed E-state index contributed by atoms with van der Waals surface area (Å²) in [7, 11) is 0. The number of rotatable bonds is 3. The minimum absolute atomic E-state index is 0.0424. The molecule has 0 amide bonds. The number of nitrogens with zero attached hydrogens (tertiary/aromatic N) is 4. The summed E-state index contributed by atoms with van der Waals surface area (Å²) in [6.45, 7) is 2.98. The molecular weight excluding hydrogens is 188 g/mol. The van der Waals surface area contributed by atoms with Crippen LogP contribution < -0.4 is 0 Å². The summed E-state index contributed by atoms with van der Waals surface area (Å²) in [5.74, 6) is 0. The second-order valence-corrected chi connectivity index (χ2v) is 5.14. The van der Waals surface area contributed by atoms with Crippen molar-refractivity contribution in [2.24, 2.45) is 10.8 Å². The number of aryl methyl sites for hydroxylation is 1. The SMILES string of the molecule is CCc1cnn(CC23CC(C#N)(C2)C3)n1. The van der Waals surface area contributed by atoms with Crippen LogP contribution in [0.15, 0.2) is 6.20 Å². The minimum Gasteiger partial charge on any atom is -0.198 e. The van der Waals surface area contributed by atoms with E-state index in [-0.39, 0.29) is 5.41 Å². The maximum absolute atomic E-state index is 8.92. The molecule has 4 nitrogen and oxygen atoms in total. The summed E-state index contributed by atoms with van der Waals surface area (Å²) in [5, 5.41) is 17.6. The largest absolute Gasteiger partial charge is 0.198 e. The van der Waals surface area contributed by atoms with Crippen molar-refractivity contribution in [2.75, 3.05) is 0 Å². The quantitative estimate of drug-likeness (QED) is 0.747. The van der Waals surface area contributed by atoms with Crippen molar-refractivity contribution in [3.05, 3.63) is 11.9 Å². The van der Waals surface area contributed by atoms with Gasteiger partial charge in [-0.1, -0.05) is 6.92 Å². The van der Waals surface area contributed by atoms with Gasteiger partial charge < -0.3 is 0 Å². The molecule has 0 aromatic carbocycles. The van der Waals surface area contributed by atoms with Crippen molar-refractivity contribution in [3.63, 3.8) is 0 Å². The Morgan fingerprint density at radius 3 is 2.80 bits per heavy atom. The summed E-state index contributed by atoms with van der Waals surface area (Å²) >= 11 is 0. The zero-order valence-electron chi connectivity index (χ0n) is 8.90. The average Bonchev–Trinajstić information content (AvgIpc) is 2.56. The molecule has 4 rings (SSSR count). The normalized spacial score (nSPS) is 36.5. The van der Waals surface area contributed by atoms with Crippen LogP contribution in [0.5, 0.6) is 0 Å². The monoisotopic (exact) mass is 202 g/mol. The number of hydrogen-bond donors (Lipinski definition) is 0. The topological polar surface area (TPSA) is 54.5 Å². The summed E-state index contributed by atoms with van der Waals surface area (Å²) in [4.78, 5) is 1.80. The molecule has 3 aliphatic rings. The number of hydrogen-bond acceptors (Lipinski definition) is 3. The van der Waals surface area contributed by atoms with Crippen LogP contribution in [0.2, 0.25) is 0 Å². The number of nitriles is 1. The highest BCUT2D eigenvalue weighted by Gasteiger charge is 2.68. The van der Waals surface area contributed by atoms with Gasteiger partial charge in [-0.3, -0.25) is 0 Å². The molecule has 1 heterocycles. The molecule has 0 atom stereocenters. The first-order valence-electron chi connectivity index (χ1n) is 5.50. The zero-order valence-corrected chi connectivity index (χ0v) is 8.90. The summed E-state index contributed by atoms with van der Waals surface area (Å²) in [5.41, 5.74) is 1.46. The Bertz CT molecular complexity index is 420. The second kappa shape index (κ2) is 2.60. The van der Waals surface area contributed by atoms with Gasteiger partial charge >= 0.3 is 0 Å². The highest BCUT2D eigenvalue weighted by atomic mass is 15.5. The molecule has 15 heavy (non-hydrogen) atoms. The predicted molar refractivity (Wildman–Crippen MR) is 53.7 cm³/mol. The van der Waals surface area contributed by atoms with E-state index < -0.39 is 0 Å². The van der Waals surface area contributed by atoms with Crippen LogP contribution in [0.3, 0.4) is 0 Å². The van der Waals surface area contributed by atoms with Crippen molar-refractivity contribution in [1.82, 2.24) is 15.0 Å². The maximum Gasteiger partial charge on any atom is 0.0824 e. The van der Waals surface area contributed by atoms with Crippen LogP contribution in [0.1, 0.15) is 31.9 Å². The molecule has 0 saturated heterocycles. The van der Waals surface area contributed by atoms with E-state index >= 15 is 0 Å². The minimum atomic E-state index is 0.0424. The first kappa shape index (κ1) is 8.90. The van der Waals surface area contributed by atoms with E-state index in [0.717, 1.165) is 37.9 Å². The third-order valence-electron chi connectivity index (χ3n) is 3.80. The lowest BCUT2D eigenvalue weighted by Gasteiger charge is -2.66. The van der Waals surface area contributed by atoms with Gasteiger partial charge in [-0.15, -0.1) is 0 Å². The zero-order chi connectivity index (χ0) is 10.5. The lowest BCUT2D eigenvalue weighted by Crippen LogP contribution is -2.62. The molecule has 2 bridgehead atoms. The number of aromatic nitrogens is 3. The fourth-order valence-electron chi connectivity index (χ4n) is 3.16. The Hall–Kier alpha value is -1.37. The molecule has 0 radical (unpaired) electrons. The van der Waals surface area contributed by atoms with Crippen LogP contribution in [-0.4, -0.2) is 15.0 Å². The lowest BCUT2D eigenvalue weighted by molar-refractivity contribution is -0.175. The fraction of sp³-hybridized carbons (Fsp3) is 0.727. The van der Waals surface area contributed by atoms with Gasteiger partial charge in [0.25, 0.3) is 0 Å². The van der Waals surface area contributed by atoms with Crippen LogP contribution in [-0.2, 0) is 13.0 Å². The molecule has 0 aliphatic heterocycles. The molecule has 1 aromatic rings. The summed E-state index contributed by atoms with van der Waals surface area (Å²) in [6, 6.07) is 2.42. The smallest absolute Gasteiger partial charge is 0.0824 e. The summed E-state index contributed by atoms with van der Waals surface area (Å²) < 4.78 is 0. The van der Waals surface area contributed by atoms with Gasteiger partial charge in [-0.2, -0.15) is 20.3 Å². The Morgan fingerprint density at radius 1 is 1.53 bits per heavy atom. The van der Waals surface area contributed by atoms with Crippen LogP contribution in [0.4, 0.5) is 0 Å². The van der Waals surface area contributed by atoms with Gasteiger partial charge in [-0.25, -0.2) is 0 Å². The molecular formula is C11H14N4. The third kappa shape index (κ3) is 1.12. The Morgan fingerprint density at radius 2 is 2.27 bits per heavy atom. The average molecular weight is 202 g/mol. The predicted octanol–water partition coefficient (Wildman–Crippen LogP) is 1.53. The standard InChI is InChI=1S/C11H14N4/c1-2-9-3-13-15(14-9)8-11-4-10(5-11,6-11)7-12/h3H,2,4-6,8H2,1H3. The molecule has 78 valence electrons. The summed E-state index contributed by atoms with van der Waals surface area (Å²) in [6.07, 6.45) is 5.94. The van der Waals surface area contributed by atoms with Gasteiger partial charge in [0.15, 0.2) is 0 Å². The van der Waals surface area contributed by atoms with E-state index in [9.17, 15) is 0 Å². The van der Waals surface area contributed by atoms with E-state index in [4.69, 9.17) is 5.26 Å². The van der Waals surface area contributed by atoms with Crippen molar-refractivity contribution in [1.29, 1.82) is 5.26 Å². The van der Waals surface area contributed by atoms with Crippen LogP contribution in [0.25, 0.3) is 0 Å². The maximum atomic E-state index is 8.92. The fourth-order valence-corrected chi connectivity index (χ4v) is 3.16. The van der Waals surface area contributed by atoms with E-state index in [0.29, 0.717) is 5.41 Å². The molecule has 0 spiro atoms. The Balaban J connectivity index is 1.67. The molecule has 3 fully saturated rings. The van der Waals surface area contributed by atoms with Gasteiger partial charge in [0.1, 0.15) is 0 Å². The lowest BCUT2D eigenvalue weighted by atomic mass is 9.36. The Labute approximate surface area is 88.9 Å². The third-order valence-corrected chi connectivity index (χ3v) is 3.80. The molecule has 0 unspecified atom stereocenters. The van der Waals surface area contributed by atoms with Crippen molar-refractivity contribution >= 4 is 0 Å². The van der Waals surface area contributed by atoms with Crippen molar-refractivity contribution in [3.8, 4) is 6.07 Å². The van der Waals surface area contributed by atoms with Crippen LogP contribution >= 0.6 is 0 Å². The second-order valence-electron chi connectivity index (χ2n) is 5.14. The molecule has 0 N–H and O–H groups in total. The molecule has 3 saturated carbocycles. The highest BCUT2D eigenvalue weighted by Crippen LogP contribution is 2.73. The van der Waals surface area contributed by atoms with Crippen LogP contribution in [0, 0.1) is 22.2 Å². The van der Waals surface area contributed by atoms with Gasteiger partial charge in [0.05, 0.1) is 29.9 Å². The van der Waals surface area contributed by atoms with E-state index in [2.05, 4.69) is 23.2 Å². The van der Waals surface area contributed by atoms with Gasteiger partial charge in [-0.05, 0) is 31.1 Å². The Kier molecular flexibility index (Phi) is 1.54. The molecule has 1 aromatic heterocycles. The first-order chi connectivity index (χ1) is 7.19. The van der Waals surface area contributed by atoms with E-state index in [1.807, 2.05) is 6.20 Å². The van der Waals surface area contributed by atoms with E-state index in [1.165, 1.54) is 0 Å². The molecule has 3 aliphatic carbocycles. The van der Waals surface area contributed by atoms with Gasteiger partial charge in [0, 0.05) is 0 Å². The van der Waals surface area contributed by atoms with Gasteiger partial charge in [0.2, 0.25) is 0 Å². The highest BCUT2D eigenvalue weighted by molar-refractivity contribution is 5.25. The first-order valence-corrected chi connectivity index (χ1v) is 5.50. The van der Waals surface area contributed by atoms with Crippen molar-refractivity contribution < 1.29 is 0 Å². The van der Waals surface area contributed by atoms with Crippen molar-refractivity contribution in [2.45, 2.75) is 39.2 Å². The van der Waals surface area contributed by atoms with E-state index in [1.54, 1.807) is 4.80 Å². The molecule has 4 heteroatoms.